The molecule has 142 valence electrons. The summed E-state index contributed by atoms with van der Waals surface area (Å²) in [6.07, 6.45) is 3.76. The summed E-state index contributed by atoms with van der Waals surface area (Å²) in [7, 11) is 0. The highest BCUT2D eigenvalue weighted by atomic mass is 16.5. The summed E-state index contributed by atoms with van der Waals surface area (Å²) in [5.41, 5.74) is -1.37. The zero-order valence-corrected chi connectivity index (χ0v) is 15.9. The molecule has 4 nitrogen and oxygen atoms in total. The third-order valence-corrected chi connectivity index (χ3v) is 5.16. The summed E-state index contributed by atoms with van der Waals surface area (Å²) < 4.78 is 5.95. The quantitative estimate of drug-likeness (QED) is 0.759. The number of hydrogen-bond acceptors (Lipinski definition) is 4. The number of carbonyl (C=O) groups is 2. The van der Waals surface area contributed by atoms with Crippen LogP contribution in [0.2, 0.25) is 0 Å². The first kappa shape index (κ1) is 19.3. The molecule has 0 heterocycles. The lowest BCUT2D eigenvalue weighted by atomic mass is 9.79. The highest BCUT2D eigenvalue weighted by Gasteiger charge is 2.38. The topological polar surface area (TPSA) is 63.6 Å². The molecule has 1 aliphatic carbocycles. The molecule has 2 aromatic carbocycles. The number of Topliss-reactive ketones (excluding diaryl/α,β-unsaturated/α-hetero) is 2. The third kappa shape index (κ3) is 4.28. The Morgan fingerprint density at radius 2 is 1.56 bits per heavy atom. The Morgan fingerprint density at radius 1 is 0.926 bits per heavy atom. The van der Waals surface area contributed by atoms with Crippen LogP contribution in [0, 0.1) is 0 Å². The lowest BCUT2D eigenvalue weighted by Crippen LogP contribution is -2.40. The SMILES string of the molecule is CC(C)(Oc1cccc(C(=O)C2(O)CCCCC2)c1)C(=O)c1ccccc1. The number of benzene rings is 2. The molecule has 1 N–H and O–H groups in total. The van der Waals surface area contributed by atoms with Crippen molar-refractivity contribution in [2.24, 2.45) is 0 Å². The lowest BCUT2D eigenvalue weighted by Gasteiger charge is -2.31. The van der Waals surface area contributed by atoms with Gasteiger partial charge in [0, 0.05) is 11.1 Å². The average Bonchev–Trinajstić information content (AvgIpc) is 2.68. The Bertz CT molecular complexity index is 817. The van der Waals surface area contributed by atoms with E-state index in [-0.39, 0.29) is 11.6 Å². The van der Waals surface area contributed by atoms with E-state index in [9.17, 15) is 14.7 Å². The van der Waals surface area contributed by atoms with E-state index in [1.807, 2.05) is 18.2 Å². The third-order valence-electron chi connectivity index (χ3n) is 5.16. The fraction of sp³-hybridized carbons (Fsp3) is 0.391. The predicted molar refractivity (Wildman–Crippen MR) is 104 cm³/mol. The number of ether oxygens (including phenoxy) is 1. The molecule has 0 saturated heterocycles. The second-order valence-corrected chi connectivity index (χ2v) is 7.76. The maximum atomic E-state index is 12.8. The Hall–Kier alpha value is -2.46. The van der Waals surface area contributed by atoms with E-state index in [4.69, 9.17) is 4.74 Å². The molecule has 0 amide bonds. The molecule has 0 atom stereocenters. The van der Waals surface area contributed by atoms with Gasteiger partial charge in [-0.05, 0) is 38.8 Å². The van der Waals surface area contributed by atoms with Gasteiger partial charge in [0.15, 0.2) is 11.4 Å². The molecule has 0 bridgehead atoms. The molecule has 1 saturated carbocycles. The summed E-state index contributed by atoms with van der Waals surface area (Å²) in [6.45, 7) is 3.43. The van der Waals surface area contributed by atoms with Crippen molar-refractivity contribution < 1.29 is 19.4 Å². The van der Waals surface area contributed by atoms with Gasteiger partial charge in [0.05, 0.1) is 0 Å². The standard InChI is InChI=1S/C23H26O4/c1-22(2,20(24)17-10-5-3-6-11-17)27-19-13-9-12-18(16-19)21(25)23(26)14-7-4-8-15-23/h3,5-6,9-13,16,26H,4,7-8,14-15H2,1-2H3. The van der Waals surface area contributed by atoms with E-state index in [1.54, 1.807) is 50.2 Å². The molecule has 1 fully saturated rings. The van der Waals surface area contributed by atoms with Crippen molar-refractivity contribution in [3.8, 4) is 5.75 Å². The average molecular weight is 366 g/mol. The van der Waals surface area contributed by atoms with Crippen LogP contribution in [0.15, 0.2) is 54.6 Å². The van der Waals surface area contributed by atoms with E-state index in [2.05, 4.69) is 0 Å². The normalized spacial score (nSPS) is 16.6. The van der Waals surface area contributed by atoms with Gasteiger partial charge in [-0.15, -0.1) is 0 Å². The van der Waals surface area contributed by atoms with E-state index < -0.39 is 11.2 Å². The van der Waals surface area contributed by atoms with Gasteiger partial charge in [-0.1, -0.05) is 61.7 Å². The van der Waals surface area contributed by atoms with Crippen molar-refractivity contribution in [2.45, 2.75) is 57.2 Å². The molecule has 2 aromatic rings. The summed E-state index contributed by atoms with van der Waals surface area (Å²) >= 11 is 0. The first-order valence-corrected chi connectivity index (χ1v) is 9.48. The Labute approximate surface area is 160 Å². The summed E-state index contributed by atoms with van der Waals surface area (Å²) in [4.78, 5) is 25.6. The Balaban J connectivity index is 1.79. The van der Waals surface area contributed by atoms with Gasteiger partial charge >= 0.3 is 0 Å². The highest BCUT2D eigenvalue weighted by Crippen LogP contribution is 2.32. The minimum atomic E-state index is -1.29. The van der Waals surface area contributed by atoms with Gasteiger partial charge in [0.1, 0.15) is 11.4 Å². The number of hydrogen-bond donors (Lipinski definition) is 1. The number of rotatable bonds is 6. The molecule has 3 rings (SSSR count). The smallest absolute Gasteiger partial charge is 0.205 e. The fourth-order valence-electron chi connectivity index (χ4n) is 3.61. The van der Waals surface area contributed by atoms with Crippen molar-refractivity contribution in [3.05, 3.63) is 65.7 Å². The largest absolute Gasteiger partial charge is 0.480 e. The molecule has 0 aromatic heterocycles. The van der Waals surface area contributed by atoms with Gasteiger partial charge in [-0.25, -0.2) is 0 Å². The van der Waals surface area contributed by atoms with E-state index in [1.165, 1.54) is 0 Å². The van der Waals surface area contributed by atoms with Crippen LogP contribution < -0.4 is 4.74 Å². The van der Waals surface area contributed by atoms with Gasteiger partial charge in [-0.2, -0.15) is 0 Å². The highest BCUT2D eigenvalue weighted by molar-refractivity contribution is 6.03. The summed E-state index contributed by atoms with van der Waals surface area (Å²) in [5.74, 6) is 0.0418. The van der Waals surface area contributed by atoms with Crippen LogP contribution in [0.25, 0.3) is 0 Å². The van der Waals surface area contributed by atoms with Crippen LogP contribution in [-0.2, 0) is 0 Å². The Kier molecular flexibility index (Phi) is 5.47. The number of carbonyl (C=O) groups excluding carboxylic acids is 2. The lowest BCUT2D eigenvalue weighted by molar-refractivity contribution is 0.0116. The minimum absolute atomic E-state index is 0.134. The van der Waals surface area contributed by atoms with Crippen LogP contribution >= 0.6 is 0 Å². The zero-order chi connectivity index (χ0) is 19.5. The maximum absolute atomic E-state index is 12.8. The summed E-state index contributed by atoms with van der Waals surface area (Å²) in [6, 6.07) is 15.7. The molecule has 1 aliphatic rings. The van der Waals surface area contributed by atoms with Crippen molar-refractivity contribution in [2.75, 3.05) is 0 Å². The molecule has 0 radical (unpaired) electrons. The van der Waals surface area contributed by atoms with E-state index in [0.717, 1.165) is 19.3 Å². The molecule has 0 aliphatic heterocycles. The van der Waals surface area contributed by atoms with Crippen LogP contribution in [0.4, 0.5) is 0 Å². The van der Waals surface area contributed by atoms with Crippen LogP contribution in [0.1, 0.15) is 66.7 Å². The van der Waals surface area contributed by atoms with Crippen molar-refractivity contribution in [1.82, 2.24) is 0 Å². The predicted octanol–water partition coefficient (Wildman–Crippen LogP) is 4.60. The van der Waals surface area contributed by atoms with Gasteiger partial charge in [0.2, 0.25) is 5.78 Å². The van der Waals surface area contributed by atoms with Crippen LogP contribution in [-0.4, -0.2) is 27.9 Å². The minimum Gasteiger partial charge on any atom is -0.480 e. The second-order valence-electron chi connectivity index (χ2n) is 7.76. The van der Waals surface area contributed by atoms with Gasteiger partial charge < -0.3 is 9.84 Å². The van der Waals surface area contributed by atoms with E-state index >= 15 is 0 Å². The molecule has 0 unspecified atom stereocenters. The Morgan fingerprint density at radius 3 is 2.22 bits per heavy atom. The zero-order valence-electron chi connectivity index (χ0n) is 15.9. The van der Waals surface area contributed by atoms with Crippen LogP contribution in [0.5, 0.6) is 5.75 Å². The number of aliphatic hydroxyl groups is 1. The molecule has 27 heavy (non-hydrogen) atoms. The van der Waals surface area contributed by atoms with Crippen molar-refractivity contribution in [1.29, 1.82) is 0 Å². The van der Waals surface area contributed by atoms with Gasteiger partial charge in [-0.3, -0.25) is 9.59 Å². The first-order valence-electron chi connectivity index (χ1n) is 9.48. The van der Waals surface area contributed by atoms with Crippen molar-refractivity contribution in [3.63, 3.8) is 0 Å². The second kappa shape index (κ2) is 7.65. The summed E-state index contributed by atoms with van der Waals surface area (Å²) in [5, 5.41) is 10.7. The van der Waals surface area contributed by atoms with Crippen molar-refractivity contribution >= 4 is 11.6 Å². The maximum Gasteiger partial charge on any atom is 0.205 e. The fourth-order valence-corrected chi connectivity index (χ4v) is 3.61. The van der Waals surface area contributed by atoms with E-state index in [0.29, 0.717) is 29.7 Å². The molecular formula is C23H26O4. The van der Waals surface area contributed by atoms with Gasteiger partial charge in [0.25, 0.3) is 0 Å². The monoisotopic (exact) mass is 366 g/mol. The first-order chi connectivity index (χ1) is 12.8. The molecule has 4 heteroatoms. The molecule has 0 spiro atoms. The van der Waals surface area contributed by atoms with Crippen LogP contribution in [0.3, 0.4) is 0 Å². The number of ketones is 2. The molecular weight excluding hydrogens is 340 g/mol.